The number of rotatable bonds is 5. The first-order valence-electron chi connectivity index (χ1n) is 8.54. The van der Waals surface area contributed by atoms with E-state index in [0.717, 1.165) is 52.6 Å². The highest BCUT2D eigenvalue weighted by molar-refractivity contribution is 6.30. The van der Waals surface area contributed by atoms with Crippen LogP contribution in [-0.4, -0.2) is 9.97 Å². The summed E-state index contributed by atoms with van der Waals surface area (Å²) in [5.74, 6) is 0.738. The number of aryl methyl sites for hydroxylation is 1. The van der Waals surface area contributed by atoms with Crippen LogP contribution in [0.5, 0.6) is 0 Å². The molecule has 0 saturated carbocycles. The number of hydrogen-bond acceptors (Lipinski definition) is 2. The first-order chi connectivity index (χ1) is 12.1. The van der Waals surface area contributed by atoms with E-state index in [1.54, 1.807) is 0 Å². The van der Waals surface area contributed by atoms with E-state index in [2.05, 4.69) is 13.8 Å². The Morgan fingerprint density at radius 1 is 0.760 bits per heavy atom. The summed E-state index contributed by atoms with van der Waals surface area (Å²) in [7, 11) is 0. The minimum absolute atomic E-state index is 0.709. The largest absolute Gasteiger partial charge is 0.233 e. The Hall–Kier alpha value is -1.90. The molecule has 128 valence electrons. The van der Waals surface area contributed by atoms with Crippen LogP contribution < -0.4 is 0 Å². The molecular formula is C21H20Cl2N2. The zero-order chi connectivity index (χ0) is 17.8. The molecule has 0 fully saturated rings. The van der Waals surface area contributed by atoms with Crippen LogP contribution in [0, 0.1) is 0 Å². The van der Waals surface area contributed by atoms with Gasteiger partial charge < -0.3 is 0 Å². The number of nitrogens with zero attached hydrogens (tertiary/aromatic N) is 2. The van der Waals surface area contributed by atoms with Crippen molar-refractivity contribution in [3.8, 4) is 22.6 Å². The highest BCUT2D eigenvalue weighted by Gasteiger charge is 2.15. The molecule has 25 heavy (non-hydrogen) atoms. The lowest BCUT2D eigenvalue weighted by molar-refractivity contribution is 0.849. The van der Waals surface area contributed by atoms with Gasteiger partial charge in [0.05, 0.1) is 5.69 Å². The lowest BCUT2D eigenvalue weighted by Gasteiger charge is -2.15. The summed E-state index contributed by atoms with van der Waals surface area (Å²) in [6.07, 6.45) is 2.88. The standard InChI is InChI=1S/C21H20Cl2N2/c1-3-5-19-18(4-2)20(14-6-10-16(22)11-7-14)25-21(24-19)15-8-12-17(23)13-9-15/h6-13H,3-5H2,1-2H3. The second-order valence-electron chi connectivity index (χ2n) is 5.94. The molecule has 2 aromatic carbocycles. The number of halogens is 2. The van der Waals surface area contributed by atoms with Crippen LogP contribution in [0.3, 0.4) is 0 Å². The Bertz CT molecular complexity index is 856. The maximum atomic E-state index is 6.05. The summed E-state index contributed by atoms with van der Waals surface area (Å²) >= 11 is 12.1. The van der Waals surface area contributed by atoms with E-state index in [-0.39, 0.29) is 0 Å². The maximum Gasteiger partial charge on any atom is 0.160 e. The molecule has 0 aliphatic carbocycles. The Balaban J connectivity index is 2.20. The van der Waals surface area contributed by atoms with E-state index < -0.39 is 0 Å². The second-order valence-corrected chi connectivity index (χ2v) is 6.81. The van der Waals surface area contributed by atoms with E-state index in [1.165, 1.54) is 5.56 Å². The zero-order valence-corrected chi connectivity index (χ0v) is 15.9. The Kier molecular flexibility index (Phi) is 5.72. The third kappa shape index (κ3) is 4.02. The van der Waals surface area contributed by atoms with Gasteiger partial charge in [-0.3, -0.25) is 0 Å². The van der Waals surface area contributed by atoms with Gasteiger partial charge in [-0.15, -0.1) is 0 Å². The molecule has 3 aromatic rings. The van der Waals surface area contributed by atoms with Gasteiger partial charge in [0.15, 0.2) is 5.82 Å². The van der Waals surface area contributed by atoms with E-state index in [1.807, 2.05) is 48.5 Å². The molecule has 0 spiro atoms. The number of benzene rings is 2. The average molecular weight is 371 g/mol. The van der Waals surface area contributed by atoms with Gasteiger partial charge in [-0.2, -0.15) is 0 Å². The topological polar surface area (TPSA) is 25.8 Å². The molecule has 2 nitrogen and oxygen atoms in total. The molecular weight excluding hydrogens is 351 g/mol. The summed E-state index contributed by atoms with van der Waals surface area (Å²) in [5.41, 5.74) is 5.36. The maximum absolute atomic E-state index is 6.05. The van der Waals surface area contributed by atoms with Crippen LogP contribution in [0.2, 0.25) is 10.0 Å². The van der Waals surface area contributed by atoms with Gasteiger partial charge in [0.2, 0.25) is 0 Å². The van der Waals surface area contributed by atoms with Crippen LogP contribution in [0.25, 0.3) is 22.6 Å². The van der Waals surface area contributed by atoms with Gasteiger partial charge in [0, 0.05) is 26.9 Å². The Morgan fingerprint density at radius 3 is 1.84 bits per heavy atom. The first-order valence-corrected chi connectivity index (χ1v) is 9.29. The van der Waals surface area contributed by atoms with E-state index in [9.17, 15) is 0 Å². The molecule has 0 atom stereocenters. The average Bonchev–Trinajstić information content (AvgIpc) is 2.62. The Labute approximate surface area is 158 Å². The molecule has 1 aromatic heterocycles. The smallest absolute Gasteiger partial charge is 0.160 e. The van der Waals surface area contributed by atoms with Crippen LogP contribution in [0.4, 0.5) is 0 Å². The summed E-state index contributed by atoms with van der Waals surface area (Å²) < 4.78 is 0. The predicted octanol–water partition coefficient (Wildman–Crippen LogP) is 6.63. The normalized spacial score (nSPS) is 10.9. The van der Waals surface area contributed by atoms with E-state index in [0.29, 0.717) is 5.02 Å². The first kappa shape index (κ1) is 17.9. The van der Waals surface area contributed by atoms with Crippen LogP contribution in [-0.2, 0) is 12.8 Å². The van der Waals surface area contributed by atoms with E-state index >= 15 is 0 Å². The van der Waals surface area contributed by atoms with E-state index in [4.69, 9.17) is 33.2 Å². The molecule has 0 saturated heterocycles. The lowest BCUT2D eigenvalue weighted by atomic mass is 9.99. The van der Waals surface area contributed by atoms with Gasteiger partial charge in [-0.1, -0.05) is 55.6 Å². The fourth-order valence-electron chi connectivity index (χ4n) is 2.92. The van der Waals surface area contributed by atoms with Crippen molar-refractivity contribution in [1.29, 1.82) is 0 Å². The fraction of sp³-hybridized carbons (Fsp3) is 0.238. The second kappa shape index (κ2) is 7.99. The minimum atomic E-state index is 0.709. The van der Waals surface area contributed by atoms with Crippen molar-refractivity contribution in [2.24, 2.45) is 0 Å². The number of hydrogen-bond donors (Lipinski definition) is 0. The lowest BCUT2D eigenvalue weighted by Crippen LogP contribution is -2.05. The highest BCUT2D eigenvalue weighted by atomic mass is 35.5. The summed E-state index contributed by atoms with van der Waals surface area (Å²) in [4.78, 5) is 9.75. The SMILES string of the molecule is CCCc1nc(-c2ccc(Cl)cc2)nc(-c2ccc(Cl)cc2)c1CC. The molecule has 4 heteroatoms. The molecule has 1 heterocycles. The van der Waals surface area contributed by atoms with Gasteiger partial charge in [0.1, 0.15) is 0 Å². The molecule has 0 aliphatic heterocycles. The highest BCUT2D eigenvalue weighted by Crippen LogP contribution is 2.29. The van der Waals surface area contributed by atoms with Gasteiger partial charge in [-0.05, 0) is 54.8 Å². The zero-order valence-electron chi connectivity index (χ0n) is 14.4. The fourth-order valence-corrected chi connectivity index (χ4v) is 3.17. The van der Waals surface area contributed by atoms with Crippen LogP contribution in [0.15, 0.2) is 48.5 Å². The predicted molar refractivity (Wildman–Crippen MR) is 106 cm³/mol. The summed E-state index contributed by atoms with van der Waals surface area (Å²) in [5, 5.41) is 1.43. The van der Waals surface area contributed by atoms with Gasteiger partial charge in [0.25, 0.3) is 0 Å². The molecule has 0 unspecified atom stereocenters. The van der Waals surface area contributed by atoms with Crippen molar-refractivity contribution in [2.45, 2.75) is 33.1 Å². The van der Waals surface area contributed by atoms with Gasteiger partial charge in [-0.25, -0.2) is 9.97 Å². The third-order valence-corrected chi connectivity index (χ3v) is 4.66. The molecule has 0 N–H and O–H groups in total. The molecule has 0 bridgehead atoms. The van der Waals surface area contributed by atoms with Crippen molar-refractivity contribution < 1.29 is 0 Å². The molecule has 3 rings (SSSR count). The minimum Gasteiger partial charge on any atom is -0.233 e. The number of aromatic nitrogens is 2. The van der Waals surface area contributed by atoms with Crippen LogP contribution in [0.1, 0.15) is 31.5 Å². The monoisotopic (exact) mass is 370 g/mol. The molecule has 0 amide bonds. The molecule has 0 aliphatic rings. The van der Waals surface area contributed by atoms with Crippen LogP contribution >= 0.6 is 23.2 Å². The van der Waals surface area contributed by atoms with Crippen molar-refractivity contribution in [1.82, 2.24) is 9.97 Å². The van der Waals surface area contributed by atoms with Gasteiger partial charge >= 0.3 is 0 Å². The van der Waals surface area contributed by atoms with Crippen molar-refractivity contribution in [3.05, 3.63) is 69.8 Å². The quantitative estimate of drug-likeness (QED) is 0.503. The van der Waals surface area contributed by atoms with Crippen molar-refractivity contribution in [3.63, 3.8) is 0 Å². The summed E-state index contributed by atoms with van der Waals surface area (Å²) in [6.45, 7) is 4.32. The third-order valence-electron chi connectivity index (χ3n) is 4.15. The summed E-state index contributed by atoms with van der Waals surface area (Å²) in [6, 6.07) is 15.5. The molecule has 0 radical (unpaired) electrons. The Morgan fingerprint density at radius 2 is 1.32 bits per heavy atom. The van der Waals surface area contributed by atoms with Crippen molar-refractivity contribution >= 4 is 23.2 Å². The van der Waals surface area contributed by atoms with Crippen molar-refractivity contribution in [2.75, 3.05) is 0 Å².